The Kier molecular flexibility index (Phi) is 2.44. The Labute approximate surface area is 98.6 Å². The molecule has 86 valence electrons. The summed E-state index contributed by atoms with van der Waals surface area (Å²) in [5, 5.41) is 0. The fourth-order valence-corrected chi connectivity index (χ4v) is 1.89. The van der Waals surface area contributed by atoms with Gasteiger partial charge in [0.1, 0.15) is 19.0 Å². The van der Waals surface area contributed by atoms with Crippen molar-refractivity contribution in [3.63, 3.8) is 0 Å². The fraction of sp³-hybridized carbons (Fsp3) is 0.143. The van der Waals surface area contributed by atoms with Crippen molar-refractivity contribution in [1.29, 1.82) is 0 Å². The molecule has 0 amide bonds. The second kappa shape index (κ2) is 4.09. The van der Waals surface area contributed by atoms with Crippen LogP contribution in [0.2, 0.25) is 0 Å². The van der Waals surface area contributed by atoms with Gasteiger partial charge in [0.2, 0.25) is 0 Å². The van der Waals surface area contributed by atoms with Crippen LogP contribution in [0.5, 0.6) is 11.5 Å². The second-order valence-electron chi connectivity index (χ2n) is 3.87. The van der Waals surface area contributed by atoms with Crippen molar-refractivity contribution in [2.75, 3.05) is 13.2 Å². The predicted octanol–water partition coefficient (Wildman–Crippen LogP) is 3.26. The lowest BCUT2D eigenvalue weighted by atomic mass is 10.0. The molecule has 1 aliphatic heterocycles. The standard InChI is InChI=1S/C14H11FO2/c15-12-3-1-2-10(8-12)11-4-5-13-14(9-11)17-7-6-16-13/h1-5,8-9H,6-7H2. The first-order valence-electron chi connectivity index (χ1n) is 5.48. The van der Waals surface area contributed by atoms with E-state index in [0.29, 0.717) is 13.2 Å². The Hall–Kier alpha value is -2.03. The first-order chi connectivity index (χ1) is 8.33. The zero-order valence-corrected chi connectivity index (χ0v) is 9.15. The van der Waals surface area contributed by atoms with Gasteiger partial charge >= 0.3 is 0 Å². The maximum Gasteiger partial charge on any atom is 0.161 e. The molecule has 17 heavy (non-hydrogen) atoms. The van der Waals surface area contributed by atoms with E-state index in [1.165, 1.54) is 12.1 Å². The molecule has 0 saturated carbocycles. The van der Waals surface area contributed by atoms with Gasteiger partial charge in [0.25, 0.3) is 0 Å². The van der Waals surface area contributed by atoms with E-state index in [1.54, 1.807) is 6.07 Å². The van der Waals surface area contributed by atoms with Gasteiger partial charge in [-0.2, -0.15) is 0 Å². The molecule has 0 aliphatic carbocycles. The summed E-state index contributed by atoms with van der Waals surface area (Å²) in [7, 11) is 0. The van der Waals surface area contributed by atoms with Crippen molar-refractivity contribution >= 4 is 0 Å². The lowest BCUT2D eigenvalue weighted by Crippen LogP contribution is -2.15. The Morgan fingerprint density at radius 1 is 0.824 bits per heavy atom. The molecule has 3 rings (SSSR count). The summed E-state index contributed by atoms with van der Waals surface area (Å²) in [6.07, 6.45) is 0. The SMILES string of the molecule is Fc1cccc(-c2ccc3c(c2)OCCO3)c1. The van der Waals surface area contributed by atoms with Crippen LogP contribution < -0.4 is 9.47 Å². The number of hydrogen-bond donors (Lipinski definition) is 0. The third-order valence-electron chi connectivity index (χ3n) is 2.70. The van der Waals surface area contributed by atoms with Crippen LogP contribution in [0.1, 0.15) is 0 Å². The van der Waals surface area contributed by atoms with Crippen LogP contribution in [0.4, 0.5) is 4.39 Å². The molecule has 0 aromatic heterocycles. The summed E-state index contributed by atoms with van der Waals surface area (Å²) in [6.45, 7) is 1.13. The van der Waals surface area contributed by atoms with Crippen molar-refractivity contribution in [2.45, 2.75) is 0 Å². The quantitative estimate of drug-likeness (QED) is 0.748. The van der Waals surface area contributed by atoms with E-state index in [4.69, 9.17) is 9.47 Å². The second-order valence-corrected chi connectivity index (χ2v) is 3.87. The molecule has 0 fully saturated rings. The van der Waals surface area contributed by atoms with Gasteiger partial charge in [-0.3, -0.25) is 0 Å². The highest BCUT2D eigenvalue weighted by Crippen LogP contribution is 2.34. The number of fused-ring (bicyclic) bond motifs is 1. The van der Waals surface area contributed by atoms with Crippen LogP contribution >= 0.6 is 0 Å². The molecule has 1 heterocycles. The largest absolute Gasteiger partial charge is 0.486 e. The van der Waals surface area contributed by atoms with E-state index in [2.05, 4.69) is 0 Å². The summed E-state index contributed by atoms with van der Waals surface area (Å²) >= 11 is 0. The number of benzene rings is 2. The van der Waals surface area contributed by atoms with Crippen molar-refractivity contribution in [1.82, 2.24) is 0 Å². The molecular weight excluding hydrogens is 219 g/mol. The Balaban J connectivity index is 2.04. The van der Waals surface area contributed by atoms with Gasteiger partial charge < -0.3 is 9.47 Å². The molecule has 3 heteroatoms. The van der Waals surface area contributed by atoms with Gasteiger partial charge in [-0.15, -0.1) is 0 Å². The van der Waals surface area contributed by atoms with Gasteiger partial charge in [-0.05, 0) is 35.4 Å². The molecule has 0 atom stereocenters. The van der Waals surface area contributed by atoms with Crippen molar-refractivity contribution in [3.8, 4) is 22.6 Å². The highest BCUT2D eigenvalue weighted by molar-refractivity contribution is 5.67. The average molecular weight is 230 g/mol. The lowest BCUT2D eigenvalue weighted by molar-refractivity contribution is 0.171. The van der Waals surface area contributed by atoms with Crippen LogP contribution in [0.15, 0.2) is 42.5 Å². The first-order valence-corrected chi connectivity index (χ1v) is 5.48. The monoisotopic (exact) mass is 230 g/mol. The van der Waals surface area contributed by atoms with E-state index < -0.39 is 0 Å². The van der Waals surface area contributed by atoms with E-state index in [-0.39, 0.29) is 5.82 Å². The molecular formula is C14H11FO2. The minimum absolute atomic E-state index is 0.239. The number of rotatable bonds is 1. The van der Waals surface area contributed by atoms with Crippen molar-refractivity contribution in [3.05, 3.63) is 48.3 Å². The summed E-state index contributed by atoms with van der Waals surface area (Å²) in [5.74, 6) is 1.23. The predicted molar refractivity (Wildman–Crippen MR) is 62.8 cm³/mol. The number of hydrogen-bond acceptors (Lipinski definition) is 2. The summed E-state index contributed by atoms with van der Waals surface area (Å²) in [6, 6.07) is 12.1. The van der Waals surface area contributed by atoms with Crippen molar-refractivity contribution in [2.24, 2.45) is 0 Å². The number of ether oxygens (including phenoxy) is 2. The minimum atomic E-state index is -0.239. The smallest absolute Gasteiger partial charge is 0.161 e. The molecule has 0 unspecified atom stereocenters. The van der Waals surface area contributed by atoms with E-state index >= 15 is 0 Å². The molecule has 0 bridgehead atoms. The zero-order chi connectivity index (χ0) is 11.7. The van der Waals surface area contributed by atoms with E-state index in [1.807, 2.05) is 24.3 Å². The van der Waals surface area contributed by atoms with E-state index in [0.717, 1.165) is 22.6 Å². The van der Waals surface area contributed by atoms with Gasteiger partial charge in [-0.1, -0.05) is 18.2 Å². The Morgan fingerprint density at radius 3 is 2.41 bits per heavy atom. The third-order valence-corrected chi connectivity index (χ3v) is 2.70. The molecule has 1 aliphatic rings. The fourth-order valence-electron chi connectivity index (χ4n) is 1.89. The van der Waals surface area contributed by atoms with Gasteiger partial charge in [0.15, 0.2) is 11.5 Å². The topological polar surface area (TPSA) is 18.5 Å². The number of halogens is 1. The molecule has 2 aromatic rings. The first kappa shape index (κ1) is 10.1. The highest BCUT2D eigenvalue weighted by atomic mass is 19.1. The third kappa shape index (κ3) is 1.96. The van der Waals surface area contributed by atoms with Gasteiger partial charge in [0, 0.05) is 0 Å². The lowest BCUT2D eigenvalue weighted by Gasteiger charge is -2.18. The maximum atomic E-state index is 13.1. The normalized spacial score (nSPS) is 13.5. The van der Waals surface area contributed by atoms with Crippen LogP contribution in [-0.4, -0.2) is 13.2 Å². The van der Waals surface area contributed by atoms with Crippen LogP contribution in [-0.2, 0) is 0 Å². The van der Waals surface area contributed by atoms with E-state index in [9.17, 15) is 4.39 Å². The van der Waals surface area contributed by atoms with Gasteiger partial charge in [-0.25, -0.2) is 4.39 Å². The minimum Gasteiger partial charge on any atom is -0.486 e. The van der Waals surface area contributed by atoms with Crippen LogP contribution in [0, 0.1) is 5.82 Å². The Bertz CT molecular complexity index is 552. The van der Waals surface area contributed by atoms with Crippen molar-refractivity contribution < 1.29 is 13.9 Å². The van der Waals surface area contributed by atoms with Crippen LogP contribution in [0.3, 0.4) is 0 Å². The summed E-state index contributed by atoms with van der Waals surface area (Å²) in [5.41, 5.74) is 1.76. The zero-order valence-electron chi connectivity index (χ0n) is 9.15. The molecule has 2 aromatic carbocycles. The highest BCUT2D eigenvalue weighted by Gasteiger charge is 2.12. The summed E-state index contributed by atoms with van der Waals surface area (Å²) < 4.78 is 24.1. The molecule has 0 spiro atoms. The maximum absolute atomic E-state index is 13.1. The molecule has 0 radical (unpaired) electrons. The molecule has 2 nitrogen and oxygen atoms in total. The summed E-state index contributed by atoms with van der Waals surface area (Å²) in [4.78, 5) is 0. The molecule has 0 saturated heterocycles. The molecule has 0 N–H and O–H groups in total. The average Bonchev–Trinajstić information content (AvgIpc) is 2.38. The van der Waals surface area contributed by atoms with Crippen LogP contribution in [0.25, 0.3) is 11.1 Å². The Morgan fingerprint density at radius 2 is 1.59 bits per heavy atom. The van der Waals surface area contributed by atoms with Gasteiger partial charge in [0.05, 0.1) is 0 Å².